The van der Waals surface area contributed by atoms with Gasteiger partial charge in [0.2, 0.25) is 0 Å². The summed E-state index contributed by atoms with van der Waals surface area (Å²) in [6.45, 7) is 5.26. The van der Waals surface area contributed by atoms with E-state index in [1.807, 2.05) is 6.19 Å². The fraction of sp³-hybridized carbons (Fsp3) is 0.375. The van der Waals surface area contributed by atoms with Crippen LogP contribution in [0, 0.1) is 23.8 Å². The molecule has 2 atom stereocenters. The lowest BCUT2D eigenvalue weighted by atomic mass is 9.86. The molecule has 0 aromatic heterocycles. The summed E-state index contributed by atoms with van der Waals surface area (Å²) in [5.74, 6) is 3.63. The van der Waals surface area contributed by atoms with Crippen molar-refractivity contribution in [1.29, 1.82) is 5.26 Å². The van der Waals surface area contributed by atoms with Crippen LogP contribution in [0.25, 0.3) is 0 Å². The summed E-state index contributed by atoms with van der Waals surface area (Å²) in [6.07, 6.45) is 6.38. The zero-order chi connectivity index (χ0) is 15.6. The lowest BCUT2D eigenvalue weighted by Gasteiger charge is -2.40. The zero-order valence-corrected chi connectivity index (χ0v) is 12.2. The fourth-order valence-electron chi connectivity index (χ4n) is 2.32. The van der Waals surface area contributed by atoms with Gasteiger partial charge in [0.05, 0.1) is 0 Å². The van der Waals surface area contributed by atoms with Gasteiger partial charge in [-0.2, -0.15) is 5.26 Å². The van der Waals surface area contributed by atoms with E-state index in [9.17, 15) is 5.11 Å². The highest BCUT2D eigenvalue weighted by Crippen LogP contribution is 2.42. The van der Waals surface area contributed by atoms with Crippen molar-refractivity contribution in [1.82, 2.24) is 5.32 Å². The molecule has 2 rings (SSSR count). The van der Waals surface area contributed by atoms with Crippen molar-refractivity contribution in [2.24, 2.45) is 4.99 Å². The second kappa shape index (κ2) is 5.47. The summed E-state index contributed by atoms with van der Waals surface area (Å²) >= 11 is 0. The van der Waals surface area contributed by atoms with E-state index in [1.165, 1.54) is 0 Å². The normalized spacial score (nSPS) is 23.2. The van der Waals surface area contributed by atoms with Crippen LogP contribution in [0.5, 0.6) is 5.75 Å². The smallest absolute Gasteiger partial charge is 0.182 e. The van der Waals surface area contributed by atoms with E-state index >= 15 is 0 Å². The Bertz CT molecular complexity index is 665. The molecule has 2 unspecified atom stereocenters. The highest BCUT2D eigenvalue weighted by atomic mass is 16.5. The molecule has 1 aromatic carbocycles. The molecule has 0 saturated heterocycles. The number of hydrogen-bond donors (Lipinski definition) is 2. The first-order valence-electron chi connectivity index (χ1n) is 6.56. The molecule has 1 aromatic rings. The van der Waals surface area contributed by atoms with Gasteiger partial charge in [-0.15, -0.1) is 6.42 Å². The van der Waals surface area contributed by atoms with Gasteiger partial charge in [-0.25, -0.2) is 0 Å². The van der Waals surface area contributed by atoms with Gasteiger partial charge in [0.25, 0.3) is 0 Å². The first kappa shape index (κ1) is 14.9. The maximum atomic E-state index is 10.5. The van der Waals surface area contributed by atoms with Gasteiger partial charge in [-0.3, -0.25) is 10.3 Å². The third-order valence-electron chi connectivity index (χ3n) is 3.45. The van der Waals surface area contributed by atoms with Gasteiger partial charge >= 0.3 is 0 Å². The average Bonchev–Trinajstić information content (AvgIpc) is 2.43. The van der Waals surface area contributed by atoms with Gasteiger partial charge in [0.1, 0.15) is 29.3 Å². The Morgan fingerprint density at radius 2 is 2.24 bits per heavy atom. The molecular formula is C16H17N3O2. The number of benzene rings is 1. The van der Waals surface area contributed by atoms with Crippen LogP contribution < -0.4 is 10.1 Å². The van der Waals surface area contributed by atoms with E-state index in [1.54, 1.807) is 39.0 Å². The molecule has 0 fully saturated rings. The van der Waals surface area contributed by atoms with Crippen molar-refractivity contribution in [3.8, 4) is 24.3 Å². The fourth-order valence-corrected chi connectivity index (χ4v) is 2.32. The Morgan fingerprint density at radius 3 is 2.86 bits per heavy atom. The number of fused-ring (bicyclic) bond motifs is 1. The number of aliphatic hydroxyl groups excluding tert-OH is 1. The number of amidine groups is 1. The third kappa shape index (κ3) is 2.84. The summed E-state index contributed by atoms with van der Waals surface area (Å²) < 4.78 is 5.83. The molecule has 2 N–H and O–H groups in total. The van der Waals surface area contributed by atoms with Gasteiger partial charge in [0.15, 0.2) is 6.19 Å². The minimum absolute atomic E-state index is 0.427. The van der Waals surface area contributed by atoms with Crippen LogP contribution >= 0.6 is 0 Å². The molecule has 0 spiro atoms. The summed E-state index contributed by atoms with van der Waals surface area (Å²) in [7, 11) is 0. The van der Waals surface area contributed by atoms with E-state index in [4.69, 9.17) is 16.4 Å². The van der Waals surface area contributed by atoms with Crippen LogP contribution in [0.1, 0.15) is 37.9 Å². The summed E-state index contributed by atoms with van der Waals surface area (Å²) in [5, 5.41) is 21.6. The number of ether oxygens (including phenoxy) is 1. The molecule has 0 aliphatic carbocycles. The molecule has 1 aliphatic heterocycles. The minimum Gasteiger partial charge on any atom is -0.485 e. The van der Waals surface area contributed by atoms with Crippen LogP contribution in [-0.4, -0.2) is 22.6 Å². The van der Waals surface area contributed by atoms with Crippen LogP contribution in [0.2, 0.25) is 0 Å². The van der Waals surface area contributed by atoms with Gasteiger partial charge in [-0.05, 0) is 39.0 Å². The van der Waals surface area contributed by atoms with Crippen molar-refractivity contribution in [2.75, 3.05) is 0 Å². The van der Waals surface area contributed by atoms with Crippen molar-refractivity contribution in [3.63, 3.8) is 0 Å². The monoisotopic (exact) mass is 283 g/mol. The number of hydrogen-bond acceptors (Lipinski definition) is 4. The number of rotatable bonds is 1. The van der Waals surface area contributed by atoms with Crippen molar-refractivity contribution in [3.05, 3.63) is 29.3 Å². The maximum absolute atomic E-state index is 10.5. The van der Waals surface area contributed by atoms with Gasteiger partial charge in [0, 0.05) is 11.1 Å². The van der Waals surface area contributed by atoms with Crippen LogP contribution in [0.3, 0.4) is 0 Å². The number of nitrogens with one attached hydrogen (secondary N) is 1. The zero-order valence-electron chi connectivity index (χ0n) is 12.2. The van der Waals surface area contributed by atoms with E-state index in [2.05, 4.69) is 16.2 Å². The largest absolute Gasteiger partial charge is 0.485 e. The third-order valence-corrected chi connectivity index (χ3v) is 3.45. The van der Waals surface area contributed by atoms with Crippen LogP contribution in [-0.2, 0) is 0 Å². The minimum atomic E-state index is -0.853. The molecule has 0 amide bonds. The number of terminal acetylenes is 1. The first-order valence-corrected chi connectivity index (χ1v) is 6.56. The van der Waals surface area contributed by atoms with E-state index in [-0.39, 0.29) is 0 Å². The van der Waals surface area contributed by atoms with E-state index in [0.29, 0.717) is 17.1 Å². The Labute approximate surface area is 124 Å². The van der Waals surface area contributed by atoms with E-state index < -0.39 is 17.7 Å². The molecule has 0 bridgehead atoms. The van der Waals surface area contributed by atoms with Crippen LogP contribution in [0.15, 0.2) is 23.2 Å². The SMILES string of the molecule is C#Cc1ccc2c(c1)C(N=C(C)NC#N)C(O)C(C)(C)O2. The van der Waals surface area contributed by atoms with Crippen molar-refractivity contribution < 1.29 is 9.84 Å². The first-order chi connectivity index (χ1) is 9.89. The Balaban J connectivity index is 2.55. The Morgan fingerprint density at radius 1 is 1.52 bits per heavy atom. The standard InChI is InChI=1S/C16H17N3O2/c1-5-11-6-7-13-12(8-11)14(19-10(2)18-9-17)15(20)16(3,4)21-13/h1,6-8,14-15,20H,2-4H3,(H,18,19). The molecule has 21 heavy (non-hydrogen) atoms. The topological polar surface area (TPSA) is 77.6 Å². The predicted octanol–water partition coefficient (Wildman–Crippen LogP) is 1.73. The Kier molecular flexibility index (Phi) is 3.88. The molecule has 5 nitrogen and oxygen atoms in total. The van der Waals surface area contributed by atoms with Crippen molar-refractivity contribution in [2.45, 2.75) is 38.5 Å². The van der Waals surface area contributed by atoms with Crippen LogP contribution in [0.4, 0.5) is 0 Å². The Hall–Kier alpha value is -2.50. The highest BCUT2D eigenvalue weighted by Gasteiger charge is 2.43. The summed E-state index contributed by atoms with van der Waals surface area (Å²) in [4.78, 5) is 4.40. The molecular weight excluding hydrogens is 266 g/mol. The predicted molar refractivity (Wildman–Crippen MR) is 79.7 cm³/mol. The van der Waals surface area contributed by atoms with Gasteiger partial charge < -0.3 is 9.84 Å². The highest BCUT2D eigenvalue weighted by molar-refractivity contribution is 5.81. The van der Waals surface area contributed by atoms with Crippen molar-refractivity contribution >= 4 is 5.84 Å². The molecule has 1 aliphatic rings. The quantitative estimate of drug-likeness (QED) is 0.270. The number of nitrogens with zero attached hydrogens (tertiary/aromatic N) is 2. The van der Waals surface area contributed by atoms with E-state index in [0.717, 1.165) is 5.56 Å². The molecule has 108 valence electrons. The number of aliphatic imine (C=N–C) groups is 1. The molecule has 5 heteroatoms. The van der Waals surface area contributed by atoms with Gasteiger partial charge in [-0.1, -0.05) is 5.92 Å². The maximum Gasteiger partial charge on any atom is 0.182 e. The lowest BCUT2D eigenvalue weighted by Crippen LogP contribution is -2.48. The molecule has 0 radical (unpaired) electrons. The number of nitriles is 1. The summed E-state index contributed by atoms with van der Waals surface area (Å²) in [5.41, 5.74) is 0.623. The molecule has 0 saturated carbocycles. The lowest BCUT2D eigenvalue weighted by molar-refractivity contribution is -0.0567. The second-order valence-electron chi connectivity index (χ2n) is 5.44. The average molecular weight is 283 g/mol. The molecule has 1 heterocycles. The number of aliphatic hydroxyl groups is 1. The second-order valence-corrected chi connectivity index (χ2v) is 5.44. The summed E-state index contributed by atoms with van der Waals surface area (Å²) in [6, 6.07) is 4.81.